The van der Waals surface area contributed by atoms with Crippen LogP contribution in [0.25, 0.3) is 0 Å². The number of thiazole rings is 1. The minimum atomic E-state index is -0.803. The van der Waals surface area contributed by atoms with Crippen molar-refractivity contribution in [1.82, 2.24) is 44.9 Å². The second-order valence-corrected chi connectivity index (χ2v) is 21.3. The van der Waals surface area contributed by atoms with Gasteiger partial charge >= 0.3 is 6.03 Å². The lowest BCUT2D eigenvalue weighted by molar-refractivity contribution is -0.140. The number of carbonyl (C=O) groups excluding carboxylic acids is 4. The molecule has 0 saturated carbocycles. The van der Waals surface area contributed by atoms with Crippen LogP contribution in [-0.4, -0.2) is 183 Å². The highest BCUT2D eigenvalue weighted by Crippen LogP contribution is 2.25. The normalized spacial score (nSPS) is 13.0. The van der Waals surface area contributed by atoms with E-state index in [9.17, 15) is 19.2 Å². The van der Waals surface area contributed by atoms with Crippen LogP contribution in [0.15, 0.2) is 134 Å². The van der Waals surface area contributed by atoms with Crippen molar-refractivity contribution in [2.45, 2.75) is 64.5 Å². The summed E-state index contributed by atoms with van der Waals surface area (Å²) in [5.41, 5.74) is 5.71. The summed E-state index contributed by atoms with van der Waals surface area (Å²) in [6.07, 6.45) is 12.9. The first kappa shape index (κ1) is 65.6. The summed E-state index contributed by atoms with van der Waals surface area (Å²) >= 11 is 1.28. The number of piperazine rings is 1. The Morgan fingerprint density at radius 2 is 1.46 bits per heavy atom. The van der Waals surface area contributed by atoms with Gasteiger partial charge in [-0.3, -0.25) is 19.7 Å². The van der Waals surface area contributed by atoms with Crippen molar-refractivity contribution in [3.05, 3.63) is 162 Å². The molecule has 1 aliphatic heterocycles. The van der Waals surface area contributed by atoms with E-state index in [2.05, 4.69) is 67.8 Å². The second-order valence-electron chi connectivity index (χ2n) is 20.4. The molecule has 3 heterocycles. The van der Waals surface area contributed by atoms with Crippen LogP contribution in [0.4, 0.5) is 15.6 Å². The van der Waals surface area contributed by atoms with Crippen LogP contribution in [-0.2, 0) is 54.4 Å². The third-order valence-electron chi connectivity index (χ3n) is 13.8. The van der Waals surface area contributed by atoms with Crippen molar-refractivity contribution >= 4 is 45.9 Å². The molecule has 0 bridgehead atoms. The number of anilines is 2. The summed E-state index contributed by atoms with van der Waals surface area (Å²) in [5, 5.41) is 19.2. The fourth-order valence-corrected chi connectivity index (χ4v) is 9.55. The van der Waals surface area contributed by atoms with Gasteiger partial charge in [0.1, 0.15) is 24.1 Å². The van der Waals surface area contributed by atoms with Crippen molar-refractivity contribution in [3.8, 4) is 11.5 Å². The molecule has 1 aliphatic rings. The van der Waals surface area contributed by atoms with E-state index < -0.39 is 12.1 Å². The SMILES string of the molecule is C=C/C=C(\C=C)CNC(=O)C(c1ccc(C)cc1)N(CCC=C)C(=O)CCc1ccc(OCCCCN(C)CCOCCOCCc2cn(CCOCCOc3ccc(NC(=O)Nc4nc(CC(=O)N5CCN(C)CC5)cs4)cc3)nn2)cc1. The van der Waals surface area contributed by atoms with E-state index in [0.29, 0.717) is 121 Å². The number of hydrogen-bond donors (Lipinski definition) is 3. The second kappa shape index (κ2) is 36.9. The van der Waals surface area contributed by atoms with Crippen LogP contribution in [0, 0.1) is 6.92 Å². The number of amides is 5. The molecule has 20 nitrogen and oxygen atoms in total. The highest BCUT2D eigenvalue weighted by molar-refractivity contribution is 7.14. The molecule has 0 aliphatic carbocycles. The molecule has 0 radical (unpaired) electrons. The fraction of sp³-hybridized carbons (Fsp3) is 0.444. The molecule has 1 atom stereocenters. The Morgan fingerprint density at radius 3 is 2.19 bits per heavy atom. The van der Waals surface area contributed by atoms with Gasteiger partial charge < -0.3 is 53.9 Å². The summed E-state index contributed by atoms with van der Waals surface area (Å²) in [4.78, 5) is 65.4. The Labute approximate surface area is 499 Å². The van der Waals surface area contributed by atoms with Crippen LogP contribution in [0.1, 0.15) is 59.8 Å². The molecular formula is C63H85N11O9S. The number of rotatable bonds is 39. The molecule has 3 N–H and O–H groups in total. The third kappa shape index (κ3) is 24.0. The largest absolute Gasteiger partial charge is 0.494 e. The lowest BCUT2D eigenvalue weighted by Gasteiger charge is -2.32. The number of nitrogens with zero attached hydrogens (tertiary/aromatic N) is 8. The minimum absolute atomic E-state index is 0.0460. The first-order valence-electron chi connectivity index (χ1n) is 28.8. The van der Waals surface area contributed by atoms with Crippen LogP contribution < -0.4 is 25.4 Å². The van der Waals surface area contributed by atoms with Crippen LogP contribution >= 0.6 is 11.3 Å². The molecule has 1 fully saturated rings. The molecule has 0 spiro atoms. The predicted molar refractivity (Wildman–Crippen MR) is 330 cm³/mol. The van der Waals surface area contributed by atoms with Gasteiger partial charge in [-0.15, -0.1) is 23.0 Å². The van der Waals surface area contributed by atoms with Gasteiger partial charge in [-0.05, 0) is 106 Å². The molecule has 84 heavy (non-hydrogen) atoms. The first-order chi connectivity index (χ1) is 40.9. The van der Waals surface area contributed by atoms with E-state index in [1.165, 1.54) is 11.3 Å². The highest BCUT2D eigenvalue weighted by Gasteiger charge is 2.31. The van der Waals surface area contributed by atoms with Crippen molar-refractivity contribution in [2.75, 3.05) is 130 Å². The van der Waals surface area contributed by atoms with E-state index in [4.69, 9.17) is 23.7 Å². The average Bonchev–Trinajstić information content (AvgIpc) is 4.30. The van der Waals surface area contributed by atoms with E-state index in [0.717, 1.165) is 72.7 Å². The minimum Gasteiger partial charge on any atom is -0.494 e. The lowest BCUT2D eigenvalue weighted by Crippen LogP contribution is -2.47. The fourth-order valence-electron chi connectivity index (χ4n) is 8.84. The number of likely N-dealkylation sites (N-methyl/N-ethyl adjacent to an activating group) is 2. The molecule has 2 aromatic heterocycles. The number of aryl methyl sites for hydroxylation is 2. The van der Waals surface area contributed by atoms with Gasteiger partial charge in [-0.2, -0.15) is 0 Å². The highest BCUT2D eigenvalue weighted by atomic mass is 32.1. The zero-order valence-electron chi connectivity index (χ0n) is 49.2. The maximum Gasteiger partial charge on any atom is 0.325 e. The quantitative estimate of drug-likeness (QED) is 0.0194. The number of aromatic nitrogens is 4. The molecule has 1 unspecified atom stereocenters. The third-order valence-corrected chi connectivity index (χ3v) is 14.6. The summed E-state index contributed by atoms with van der Waals surface area (Å²) in [6, 6.07) is 21.4. The monoisotopic (exact) mass is 1170 g/mol. The maximum absolute atomic E-state index is 13.9. The molecule has 5 amide bonds. The number of unbranched alkanes of at least 4 members (excludes halogenated alkanes) is 1. The van der Waals surface area contributed by atoms with Crippen LogP contribution in [0.2, 0.25) is 0 Å². The number of allylic oxidation sites excluding steroid dienone is 2. The summed E-state index contributed by atoms with van der Waals surface area (Å²) in [7, 11) is 4.14. The smallest absolute Gasteiger partial charge is 0.325 e. The van der Waals surface area contributed by atoms with Gasteiger partial charge in [0, 0.05) is 75.9 Å². The summed E-state index contributed by atoms with van der Waals surface area (Å²) in [6.45, 7) is 23.5. The Kier molecular flexibility index (Phi) is 28.8. The standard InChI is InChI=1S/C63H85N11O9S/c1-7-10-30-74(60(52-19-14-49(4)15-20-52)61(77)64-46-50(9-3)13-8-2)58(75)27-18-51-16-23-56(24-17-51)82-37-12-11-29-70(5)35-39-80-42-41-79-38-28-54-47-73(69-68-54)36-40-81-43-44-83-57-25-21-53(22-26-57)65-62(78)67-63-66-55(48-84-63)45-59(76)72-33-31-71(6)32-34-72/h7-9,13-17,19-26,47-48,60H,1-3,10-12,18,27-46H2,4-6H3,(H,64,77)(H2,65,66,67,78)/b50-13+. The molecule has 6 rings (SSSR count). The number of benzene rings is 3. The molecular weight excluding hydrogens is 1090 g/mol. The van der Waals surface area contributed by atoms with E-state index >= 15 is 0 Å². The van der Waals surface area contributed by atoms with Crippen molar-refractivity contribution < 1.29 is 42.9 Å². The first-order valence-corrected chi connectivity index (χ1v) is 29.7. The van der Waals surface area contributed by atoms with Crippen molar-refractivity contribution in [2.24, 2.45) is 0 Å². The van der Waals surface area contributed by atoms with Gasteiger partial charge in [0.2, 0.25) is 17.7 Å². The van der Waals surface area contributed by atoms with Crippen molar-refractivity contribution in [1.29, 1.82) is 0 Å². The average molecular weight is 1170 g/mol. The van der Waals surface area contributed by atoms with Crippen molar-refractivity contribution in [3.63, 3.8) is 0 Å². The topological polar surface area (TPSA) is 207 Å². The number of urea groups is 1. The van der Waals surface area contributed by atoms with E-state index in [1.54, 1.807) is 63.5 Å². The Hall–Kier alpha value is -7.53. The zero-order valence-corrected chi connectivity index (χ0v) is 50.0. The number of ether oxygens (including phenoxy) is 5. The Morgan fingerprint density at radius 1 is 0.762 bits per heavy atom. The maximum atomic E-state index is 13.9. The van der Waals surface area contributed by atoms with Gasteiger partial charge in [-0.25, -0.2) is 14.5 Å². The van der Waals surface area contributed by atoms with E-state index in [1.807, 2.05) is 73.6 Å². The van der Waals surface area contributed by atoms with Crippen LogP contribution in [0.5, 0.6) is 11.5 Å². The van der Waals surface area contributed by atoms with Gasteiger partial charge in [-0.1, -0.05) is 84.6 Å². The zero-order chi connectivity index (χ0) is 59.7. The summed E-state index contributed by atoms with van der Waals surface area (Å²) < 4.78 is 30.9. The van der Waals surface area contributed by atoms with E-state index in [-0.39, 0.29) is 37.1 Å². The van der Waals surface area contributed by atoms with Gasteiger partial charge in [0.05, 0.1) is 70.6 Å². The number of nitrogens with one attached hydrogen (secondary N) is 3. The molecule has 1 saturated heterocycles. The Bertz CT molecular complexity index is 2830. The molecule has 21 heteroatoms. The predicted octanol–water partition coefficient (Wildman–Crippen LogP) is 7.96. The van der Waals surface area contributed by atoms with Gasteiger partial charge in [0.15, 0.2) is 5.13 Å². The molecule has 5 aromatic rings. The van der Waals surface area contributed by atoms with Gasteiger partial charge in [0.25, 0.3) is 0 Å². The molecule has 452 valence electrons. The Balaban J connectivity index is 0.742. The number of hydrogen-bond acceptors (Lipinski definition) is 15. The lowest BCUT2D eigenvalue weighted by atomic mass is 10.0. The number of carbonyl (C=O) groups is 4. The summed E-state index contributed by atoms with van der Waals surface area (Å²) in [5.74, 6) is 1.10. The van der Waals surface area contributed by atoms with Crippen LogP contribution in [0.3, 0.4) is 0 Å². The molecule has 3 aromatic carbocycles.